The summed E-state index contributed by atoms with van der Waals surface area (Å²) in [6.07, 6.45) is 1.84. The van der Waals surface area contributed by atoms with Crippen molar-refractivity contribution >= 4 is 11.2 Å². The van der Waals surface area contributed by atoms with Gasteiger partial charge in [0.15, 0.2) is 5.65 Å². The van der Waals surface area contributed by atoms with E-state index in [1.54, 1.807) is 13.3 Å². The van der Waals surface area contributed by atoms with Crippen LogP contribution in [0.5, 0.6) is 5.75 Å². The predicted molar refractivity (Wildman–Crippen MR) is 105 cm³/mol. The molecule has 4 heterocycles. The van der Waals surface area contributed by atoms with Crippen LogP contribution in [0.25, 0.3) is 22.4 Å². The number of aryl methyl sites for hydroxylation is 1. The van der Waals surface area contributed by atoms with E-state index in [1.807, 2.05) is 0 Å². The van der Waals surface area contributed by atoms with Crippen molar-refractivity contribution in [2.45, 2.75) is 56.9 Å². The summed E-state index contributed by atoms with van der Waals surface area (Å²) in [6, 6.07) is 4.26. The molecule has 1 aromatic carbocycles. The number of aromatic hydroxyl groups is 1. The lowest BCUT2D eigenvalue weighted by Gasteiger charge is -2.38. The van der Waals surface area contributed by atoms with E-state index in [1.165, 1.54) is 12.5 Å². The Hall–Kier alpha value is -2.68. The summed E-state index contributed by atoms with van der Waals surface area (Å²) in [5, 5.41) is 18.9. The first-order chi connectivity index (χ1) is 14.3. The monoisotopic (exact) mass is 417 g/mol. The third kappa shape index (κ3) is 2.86. The maximum atomic E-state index is 12.9. The van der Waals surface area contributed by atoms with Gasteiger partial charge < -0.3 is 9.67 Å². The van der Waals surface area contributed by atoms with Gasteiger partial charge in [-0.05, 0) is 57.9 Å². The van der Waals surface area contributed by atoms with E-state index in [4.69, 9.17) is 0 Å². The molecule has 158 valence electrons. The molecule has 2 bridgehead atoms. The molecule has 2 fully saturated rings. The van der Waals surface area contributed by atoms with Crippen LogP contribution in [0.1, 0.15) is 42.9 Å². The summed E-state index contributed by atoms with van der Waals surface area (Å²) in [7, 11) is 2.18. The van der Waals surface area contributed by atoms with Crippen LogP contribution in [-0.4, -0.2) is 48.9 Å². The fourth-order valence-corrected chi connectivity index (χ4v) is 5.14. The van der Waals surface area contributed by atoms with Gasteiger partial charge in [0.1, 0.15) is 17.0 Å². The van der Waals surface area contributed by atoms with Crippen molar-refractivity contribution < 1.29 is 18.3 Å². The van der Waals surface area contributed by atoms with E-state index in [-0.39, 0.29) is 11.6 Å². The SMILES string of the molecule is Cc1c(-c2ccc(C(F)(F)F)cc2O)nnc2c1ncn2[C@@H]1CC[C@@H]2CC[C@H]1N2C. The number of phenols is 1. The van der Waals surface area contributed by atoms with Crippen molar-refractivity contribution in [2.24, 2.45) is 0 Å². The Morgan fingerprint density at radius 1 is 1.07 bits per heavy atom. The van der Waals surface area contributed by atoms with E-state index in [9.17, 15) is 18.3 Å². The highest BCUT2D eigenvalue weighted by Gasteiger charge is 2.41. The molecule has 3 atom stereocenters. The van der Waals surface area contributed by atoms with Crippen molar-refractivity contribution in [1.29, 1.82) is 0 Å². The third-order valence-electron chi connectivity index (χ3n) is 6.79. The maximum Gasteiger partial charge on any atom is 0.416 e. The van der Waals surface area contributed by atoms with Gasteiger partial charge >= 0.3 is 6.18 Å². The highest BCUT2D eigenvalue weighted by atomic mass is 19.4. The molecular formula is C21H22F3N5O. The van der Waals surface area contributed by atoms with Gasteiger partial charge in [-0.3, -0.25) is 4.90 Å². The first-order valence-electron chi connectivity index (χ1n) is 10.1. The molecule has 6 nitrogen and oxygen atoms in total. The molecule has 2 aliphatic rings. The number of nitrogens with zero attached hydrogens (tertiary/aromatic N) is 5. The average molecular weight is 417 g/mol. The van der Waals surface area contributed by atoms with Crippen molar-refractivity contribution in [3.05, 3.63) is 35.7 Å². The zero-order valence-electron chi connectivity index (χ0n) is 16.7. The second-order valence-corrected chi connectivity index (χ2v) is 8.34. The normalized spacial score (nSPS) is 24.6. The molecule has 9 heteroatoms. The van der Waals surface area contributed by atoms with Crippen LogP contribution in [0, 0.1) is 6.92 Å². The van der Waals surface area contributed by atoms with Crippen LogP contribution in [-0.2, 0) is 6.18 Å². The molecule has 0 unspecified atom stereocenters. The van der Waals surface area contributed by atoms with Crippen LogP contribution in [0.3, 0.4) is 0 Å². The van der Waals surface area contributed by atoms with E-state index in [0.29, 0.717) is 40.6 Å². The lowest BCUT2D eigenvalue weighted by Crippen LogP contribution is -2.42. The number of halogens is 3. The number of phenolic OH excluding ortho intramolecular Hbond substituents is 1. The Morgan fingerprint density at radius 3 is 2.50 bits per heavy atom. The van der Waals surface area contributed by atoms with Crippen LogP contribution >= 0.6 is 0 Å². The quantitative estimate of drug-likeness (QED) is 0.673. The Balaban J connectivity index is 1.55. The van der Waals surface area contributed by atoms with Gasteiger partial charge in [-0.25, -0.2) is 4.98 Å². The molecule has 2 aliphatic heterocycles. The van der Waals surface area contributed by atoms with Crippen molar-refractivity contribution in [3.8, 4) is 17.0 Å². The first kappa shape index (κ1) is 19.3. The number of aromatic nitrogens is 4. The number of rotatable bonds is 2. The van der Waals surface area contributed by atoms with Gasteiger partial charge in [0.2, 0.25) is 0 Å². The van der Waals surface area contributed by atoms with Crippen LogP contribution in [0.15, 0.2) is 24.5 Å². The third-order valence-corrected chi connectivity index (χ3v) is 6.79. The molecule has 3 aromatic rings. The summed E-state index contributed by atoms with van der Waals surface area (Å²) in [5.41, 5.74) is 1.65. The summed E-state index contributed by atoms with van der Waals surface area (Å²) >= 11 is 0. The summed E-state index contributed by atoms with van der Waals surface area (Å²) in [4.78, 5) is 7.01. The van der Waals surface area contributed by atoms with E-state index >= 15 is 0 Å². The molecular weight excluding hydrogens is 395 g/mol. The largest absolute Gasteiger partial charge is 0.507 e. The Labute approximate surface area is 171 Å². The van der Waals surface area contributed by atoms with Gasteiger partial charge in [-0.2, -0.15) is 13.2 Å². The van der Waals surface area contributed by atoms with E-state index < -0.39 is 17.5 Å². The van der Waals surface area contributed by atoms with Gasteiger partial charge in [-0.15, -0.1) is 10.2 Å². The molecule has 0 amide bonds. The minimum Gasteiger partial charge on any atom is -0.507 e. The topological polar surface area (TPSA) is 67.1 Å². The second kappa shape index (κ2) is 6.66. The molecule has 0 aliphatic carbocycles. The van der Waals surface area contributed by atoms with Gasteiger partial charge in [0.05, 0.1) is 17.9 Å². The van der Waals surface area contributed by atoms with Crippen molar-refractivity contribution in [3.63, 3.8) is 0 Å². The molecule has 2 aromatic heterocycles. The molecule has 0 radical (unpaired) electrons. The fraction of sp³-hybridized carbons (Fsp3) is 0.476. The lowest BCUT2D eigenvalue weighted by atomic mass is 9.97. The highest BCUT2D eigenvalue weighted by Crippen LogP contribution is 2.42. The van der Waals surface area contributed by atoms with E-state index in [0.717, 1.165) is 25.3 Å². The highest BCUT2D eigenvalue weighted by molar-refractivity contribution is 5.83. The molecule has 1 N–H and O–H groups in total. The Bertz CT molecular complexity index is 1130. The standard InChI is InChI=1S/C21H22F3N5O/c1-11-18(14-6-3-12(9-17(14)30)21(22,23)24)26-27-20-19(11)25-10-29(20)16-8-5-13-4-7-15(16)28(13)2/h3,6,9-10,13,15-16,30H,4-5,7-8H2,1-2H3/t13-,15+,16+/m0/s1. The van der Waals surface area contributed by atoms with Gasteiger partial charge in [-0.1, -0.05) is 0 Å². The fourth-order valence-electron chi connectivity index (χ4n) is 5.14. The number of fused-ring (bicyclic) bond motifs is 3. The average Bonchev–Trinajstić information content (AvgIpc) is 3.20. The Kier molecular flexibility index (Phi) is 4.29. The number of hydrogen-bond donors (Lipinski definition) is 1. The maximum absolute atomic E-state index is 12.9. The second-order valence-electron chi connectivity index (χ2n) is 8.34. The number of alkyl halides is 3. The molecule has 0 saturated carbocycles. The minimum absolute atomic E-state index is 0.209. The van der Waals surface area contributed by atoms with Crippen LogP contribution in [0.4, 0.5) is 13.2 Å². The van der Waals surface area contributed by atoms with Gasteiger partial charge in [0.25, 0.3) is 0 Å². The number of hydrogen-bond acceptors (Lipinski definition) is 5. The van der Waals surface area contributed by atoms with E-state index in [2.05, 4.69) is 31.7 Å². The first-order valence-corrected chi connectivity index (χ1v) is 10.1. The molecule has 30 heavy (non-hydrogen) atoms. The number of benzene rings is 1. The number of imidazole rings is 1. The summed E-state index contributed by atoms with van der Waals surface area (Å²) in [5.74, 6) is -0.480. The van der Waals surface area contributed by atoms with Crippen LogP contribution in [0.2, 0.25) is 0 Å². The summed E-state index contributed by atoms with van der Waals surface area (Å²) < 4.78 is 40.8. The zero-order chi connectivity index (χ0) is 21.2. The number of likely N-dealkylation sites (N-methyl/N-ethyl adjacent to an activating group) is 1. The van der Waals surface area contributed by atoms with Crippen molar-refractivity contribution in [2.75, 3.05) is 7.05 Å². The summed E-state index contributed by atoms with van der Waals surface area (Å²) in [6.45, 7) is 1.80. The van der Waals surface area contributed by atoms with Gasteiger partial charge in [0, 0.05) is 23.2 Å². The smallest absolute Gasteiger partial charge is 0.416 e. The minimum atomic E-state index is -4.52. The predicted octanol–water partition coefficient (Wildman–Crippen LogP) is 4.32. The van der Waals surface area contributed by atoms with Crippen LogP contribution < -0.4 is 0 Å². The lowest BCUT2D eigenvalue weighted by molar-refractivity contribution is -0.137. The molecule has 2 saturated heterocycles. The molecule has 0 spiro atoms. The zero-order valence-corrected chi connectivity index (χ0v) is 16.7. The van der Waals surface area contributed by atoms with Crippen molar-refractivity contribution in [1.82, 2.24) is 24.6 Å². The molecule has 5 rings (SSSR count). The number of piperidine rings is 1. The Morgan fingerprint density at radius 2 is 1.80 bits per heavy atom.